The molecule has 0 radical (unpaired) electrons. The summed E-state index contributed by atoms with van der Waals surface area (Å²) in [6.45, 7) is 4.00. The lowest BCUT2D eigenvalue weighted by molar-refractivity contribution is -0.383. The summed E-state index contributed by atoms with van der Waals surface area (Å²) < 4.78 is 25.7. The van der Waals surface area contributed by atoms with Crippen LogP contribution in [0.3, 0.4) is 0 Å². The molecule has 0 fully saturated rings. The molecule has 2 aromatic heterocycles. The third-order valence-electron chi connectivity index (χ3n) is 6.34. The number of carbonyl (C=O) groups excluding carboxylic acids is 2. The summed E-state index contributed by atoms with van der Waals surface area (Å²) in [4.78, 5) is 43.1. The first-order valence-electron chi connectivity index (χ1n) is 14.0. The van der Waals surface area contributed by atoms with E-state index in [-0.39, 0.29) is 34.3 Å². The number of carbonyl (C=O) groups is 2. The molecular weight excluding hydrogens is 594 g/mol. The minimum Gasteiger partial charge on any atom is -0.397 e. The largest absolute Gasteiger partial charge is 0.397 e. The molecule has 0 aliphatic heterocycles. The standard InChI is InChI=1S/C16H10FN3O3.C16H12FN3O.C2H6/c17-12-7-4-11(5-8-12)16(21)19-14-9-6-10-2-1-3-13(20(22)23)15(10)18-14;17-12-7-4-11(5-8-12)16(21)20-14-9-6-10-2-1-3-13(18)15(10)19-14;1-2/h1-9H,(H,18,19,21);1-9H,18H2,(H,19,20,21);1-2H3. The van der Waals surface area contributed by atoms with Crippen molar-refractivity contribution in [1.29, 1.82) is 0 Å². The Bertz CT molecular complexity index is 2020. The van der Waals surface area contributed by atoms with Crippen molar-refractivity contribution in [2.75, 3.05) is 16.4 Å². The predicted molar refractivity (Wildman–Crippen MR) is 175 cm³/mol. The monoisotopic (exact) mass is 622 g/mol. The number of nitrogen functional groups attached to an aromatic ring is 1. The summed E-state index contributed by atoms with van der Waals surface area (Å²) in [5.74, 6) is -1.08. The third-order valence-corrected chi connectivity index (χ3v) is 6.34. The summed E-state index contributed by atoms with van der Waals surface area (Å²) in [5, 5.41) is 17.7. The molecule has 0 bridgehead atoms. The zero-order valence-electron chi connectivity index (χ0n) is 24.7. The van der Waals surface area contributed by atoms with Crippen molar-refractivity contribution in [3.8, 4) is 0 Å². The molecule has 12 heteroatoms. The van der Waals surface area contributed by atoms with E-state index in [0.717, 1.165) is 5.39 Å². The summed E-state index contributed by atoms with van der Waals surface area (Å²) in [7, 11) is 0. The Balaban J connectivity index is 0.000000199. The molecule has 2 amide bonds. The Morgan fingerprint density at radius 3 is 1.57 bits per heavy atom. The number of benzene rings is 4. The maximum Gasteiger partial charge on any atom is 0.295 e. The van der Waals surface area contributed by atoms with Crippen molar-refractivity contribution in [3.05, 3.63) is 142 Å². The lowest BCUT2D eigenvalue weighted by Crippen LogP contribution is -2.13. The molecule has 0 saturated carbocycles. The van der Waals surface area contributed by atoms with Crippen LogP contribution in [0.1, 0.15) is 34.6 Å². The zero-order chi connectivity index (χ0) is 33.2. The molecule has 0 unspecified atom stereocenters. The number of nitrogens with two attached hydrogens (primary N) is 1. The minimum atomic E-state index is -0.527. The number of halogens is 2. The minimum absolute atomic E-state index is 0.139. The van der Waals surface area contributed by atoms with E-state index in [1.165, 1.54) is 54.6 Å². The number of nitro benzene ring substituents is 1. The van der Waals surface area contributed by atoms with Gasteiger partial charge in [-0.1, -0.05) is 38.1 Å². The first kappa shape index (κ1) is 32.6. The van der Waals surface area contributed by atoms with Crippen molar-refractivity contribution >= 4 is 56.6 Å². The Morgan fingerprint density at radius 1 is 0.652 bits per heavy atom. The van der Waals surface area contributed by atoms with Crippen LogP contribution in [0.15, 0.2) is 109 Å². The fourth-order valence-electron chi connectivity index (χ4n) is 4.17. The fraction of sp³-hybridized carbons (Fsp3) is 0.0588. The molecule has 6 rings (SSSR count). The highest BCUT2D eigenvalue weighted by Crippen LogP contribution is 2.25. The number of anilines is 3. The molecule has 10 nitrogen and oxygen atoms in total. The van der Waals surface area contributed by atoms with Crippen LogP contribution in [0.5, 0.6) is 0 Å². The topological polar surface area (TPSA) is 153 Å². The molecule has 0 spiro atoms. The average Bonchev–Trinajstić information content (AvgIpc) is 3.06. The molecule has 0 atom stereocenters. The van der Waals surface area contributed by atoms with E-state index < -0.39 is 16.6 Å². The van der Waals surface area contributed by atoms with Gasteiger partial charge in [0.2, 0.25) is 0 Å². The van der Waals surface area contributed by atoms with Gasteiger partial charge < -0.3 is 16.4 Å². The maximum atomic E-state index is 12.9. The number of aromatic nitrogens is 2. The smallest absolute Gasteiger partial charge is 0.295 e. The van der Waals surface area contributed by atoms with Crippen LogP contribution in [-0.4, -0.2) is 26.7 Å². The molecule has 46 heavy (non-hydrogen) atoms. The Hall–Kier alpha value is -6.30. The van der Waals surface area contributed by atoms with Crippen LogP contribution in [-0.2, 0) is 0 Å². The Kier molecular flexibility index (Phi) is 10.6. The van der Waals surface area contributed by atoms with E-state index in [2.05, 4.69) is 20.6 Å². The van der Waals surface area contributed by atoms with Crippen molar-refractivity contribution in [2.45, 2.75) is 13.8 Å². The van der Waals surface area contributed by atoms with Crippen LogP contribution in [0.4, 0.5) is 31.8 Å². The first-order valence-corrected chi connectivity index (χ1v) is 14.0. The first-order chi connectivity index (χ1) is 22.2. The number of nitrogens with one attached hydrogen (secondary N) is 2. The van der Waals surface area contributed by atoms with Crippen LogP contribution in [0.25, 0.3) is 21.8 Å². The van der Waals surface area contributed by atoms with Gasteiger partial charge in [-0.2, -0.15) is 0 Å². The van der Waals surface area contributed by atoms with Crippen molar-refractivity contribution in [3.63, 3.8) is 0 Å². The average molecular weight is 623 g/mol. The number of hydrogen-bond acceptors (Lipinski definition) is 7. The van der Waals surface area contributed by atoms with Gasteiger partial charge in [0.25, 0.3) is 17.5 Å². The highest BCUT2D eigenvalue weighted by Gasteiger charge is 2.14. The number of non-ortho nitro benzene ring substituents is 1. The number of fused-ring (bicyclic) bond motifs is 2. The van der Waals surface area contributed by atoms with E-state index in [0.29, 0.717) is 28.0 Å². The van der Waals surface area contributed by atoms with Crippen molar-refractivity contribution < 1.29 is 23.3 Å². The molecule has 0 aliphatic carbocycles. The van der Waals surface area contributed by atoms with Crippen molar-refractivity contribution in [2.24, 2.45) is 0 Å². The van der Waals surface area contributed by atoms with E-state index in [4.69, 9.17) is 5.73 Å². The number of hydrogen-bond donors (Lipinski definition) is 3. The fourth-order valence-corrected chi connectivity index (χ4v) is 4.17. The molecule has 0 saturated heterocycles. The number of nitro groups is 1. The van der Waals surface area contributed by atoms with Gasteiger partial charge in [0.15, 0.2) is 5.52 Å². The second kappa shape index (κ2) is 14.9. The van der Waals surface area contributed by atoms with Gasteiger partial charge in [0, 0.05) is 28.0 Å². The van der Waals surface area contributed by atoms with Crippen LogP contribution < -0.4 is 16.4 Å². The predicted octanol–water partition coefficient (Wildman–Crippen LogP) is 7.77. The highest BCUT2D eigenvalue weighted by molar-refractivity contribution is 6.05. The van der Waals surface area contributed by atoms with Gasteiger partial charge in [-0.25, -0.2) is 18.7 Å². The molecule has 4 aromatic carbocycles. The number of nitrogens with zero attached hydrogens (tertiary/aromatic N) is 3. The molecule has 0 aliphatic rings. The normalized spacial score (nSPS) is 10.2. The zero-order valence-corrected chi connectivity index (χ0v) is 24.7. The van der Waals surface area contributed by atoms with E-state index in [9.17, 15) is 28.5 Å². The van der Waals surface area contributed by atoms with Gasteiger partial charge in [-0.05, 0) is 78.9 Å². The quantitative estimate of drug-likeness (QED) is 0.101. The lowest BCUT2D eigenvalue weighted by Gasteiger charge is -2.07. The van der Waals surface area contributed by atoms with Gasteiger partial charge in [0.05, 0.1) is 16.1 Å². The van der Waals surface area contributed by atoms with Gasteiger partial charge in [-0.3, -0.25) is 19.7 Å². The summed E-state index contributed by atoms with van der Waals surface area (Å²) in [5.41, 5.74) is 7.72. The van der Waals surface area contributed by atoms with Crippen LogP contribution in [0.2, 0.25) is 0 Å². The lowest BCUT2D eigenvalue weighted by atomic mass is 10.2. The number of para-hydroxylation sites is 2. The van der Waals surface area contributed by atoms with Gasteiger partial charge in [0.1, 0.15) is 23.3 Å². The highest BCUT2D eigenvalue weighted by atomic mass is 19.1. The van der Waals surface area contributed by atoms with Crippen molar-refractivity contribution in [1.82, 2.24) is 9.97 Å². The molecule has 4 N–H and O–H groups in total. The molecular formula is C34H28F2N6O4. The summed E-state index contributed by atoms with van der Waals surface area (Å²) in [6, 6.07) is 27.2. The van der Waals surface area contributed by atoms with E-state index >= 15 is 0 Å². The maximum absolute atomic E-state index is 12.9. The summed E-state index contributed by atoms with van der Waals surface area (Å²) >= 11 is 0. The SMILES string of the molecule is CC.Nc1cccc2ccc(NC(=O)c3ccc(F)cc3)nc12.O=C(Nc1ccc2cccc([N+](=O)[O-])c2n1)c1ccc(F)cc1. The second-order valence-electron chi connectivity index (χ2n) is 9.34. The van der Waals surface area contributed by atoms with Crippen LogP contribution >= 0.6 is 0 Å². The number of pyridine rings is 2. The third kappa shape index (κ3) is 7.99. The number of rotatable bonds is 5. The number of amides is 2. The van der Waals surface area contributed by atoms with E-state index in [1.807, 2.05) is 32.0 Å². The molecule has 6 aromatic rings. The van der Waals surface area contributed by atoms with Gasteiger partial charge >= 0.3 is 0 Å². The Labute approximate surface area is 262 Å². The van der Waals surface area contributed by atoms with Gasteiger partial charge in [-0.15, -0.1) is 0 Å². The second-order valence-corrected chi connectivity index (χ2v) is 9.34. The molecule has 2 heterocycles. The van der Waals surface area contributed by atoms with Crippen LogP contribution in [0, 0.1) is 21.7 Å². The van der Waals surface area contributed by atoms with E-state index in [1.54, 1.807) is 36.4 Å². The Morgan fingerprint density at radius 2 is 1.09 bits per heavy atom. The summed E-state index contributed by atoms with van der Waals surface area (Å²) in [6.07, 6.45) is 0. The molecule has 232 valence electrons.